The van der Waals surface area contributed by atoms with Crippen LogP contribution in [-0.2, 0) is 9.47 Å². The number of halogens is 3. The van der Waals surface area contributed by atoms with Crippen molar-refractivity contribution in [3.05, 3.63) is 152 Å². The number of aliphatic hydroxyl groups is 2. The molecule has 2 aromatic carbocycles. The molecule has 4 aromatic heterocycles. The zero-order valence-electron chi connectivity index (χ0n) is 33.0. The van der Waals surface area contributed by atoms with E-state index in [4.69, 9.17) is 21.1 Å². The lowest BCUT2D eigenvalue weighted by molar-refractivity contribution is 0.0902. The molecule has 0 aliphatic carbocycles. The molecule has 4 N–H and O–H groups in total. The van der Waals surface area contributed by atoms with Gasteiger partial charge < -0.3 is 39.5 Å². The van der Waals surface area contributed by atoms with Gasteiger partial charge in [0.15, 0.2) is 0 Å². The number of rotatable bonds is 12. The maximum absolute atomic E-state index is 13.6. The van der Waals surface area contributed by atoms with E-state index in [1.165, 1.54) is 51.6 Å². The first-order chi connectivity index (χ1) is 29.7. The minimum atomic E-state index is -0.684. The zero-order chi connectivity index (χ0) is 42.7. The van der Waals surface area contributed by atoms with Crippen LogP contribution in [0, 0.1) is 11.6 Å². The van der Waals surface area contributed by atoms with Crippen molar-refractivity contribution in [2.45, 2.75) is 49.9 Å². The van der Waals surface area contributed by atoms with Gasteiger partial charge in [-0.1, -0.05) is 29.8 Å². The van der Waals surface area contributed by atoms with Crippen molar-refractivity contribution in [2.24, 2.45) is 0 Å². The smallest absolute Gasteiger partial charge is 0.251 e. The number of nitrogens with one attached hydrogen (secondary N) is 2. The first kappa shape index (κ1) is 43.2. The van der Waals surface area contributed by atoms with Crippen LogP contribution < -0.4 is 21.8 Å². The molecule has 2 fully saturated rings. The average molecular weight is 855 g/mol. The Hall–Kier alpha value is -5.91. The summed E-state index contributed by atoms with van der Waals surface area (Å²) in [6.07, 6.45) is 10.0. The highest BCUT2D eigenvalue weighted by atomic mass is 35.5. The minimum Gasteiger partial charge on any atom is -0.394 e. The molecule has 61 heavy (non-hydrogen) atoms. The van der Waals surface area contributed by atoms with Gasteiger partial charge in [-0.15, -0.1) is 0 Å². The third kappa shape index (κ3) is 11.1. The van der Waals surface area contributed by atoms with Gasteiger partial charge in [-0.05, 0) is 85.3 Å². The standard InChI is InChI=1S/C22H22ClFN4O3.C22H23FN4O3/c23-17-11-15(1-2-18(17)24)20(13-29)28-8-4-14(12-21(28)30)19-3-7-25-22(27-19)26-16-5-9-31-10-6-16;23-17-3-1-2-16(12-17)20(14-28)27-9-5-15(13-21(27)29)19-4-8-24-22(26-19)25-18-6-10-30-11-7-18/h1-4,7-8,11-12,16,20,29H,5-6,9-10,13H2,(H,25,26,27);1-5,8-9,12-13,18,20,28H,6-7,10-11,14H2,(H,24,25,26)/t2*20-/m11/s1. The summed E-state index contributed by atoms with van der Waals surface area (Å²) >= 11 is 5.86. The molecule has 14 nitrogen and oxygen atoms in total. The van der Waals surface area contributed by atoms with Crippen LogP contribution in [0.2, 0.25) is 5.02 Å². The molecular formula is C44H45ClF2N8O6. The molecule has 0 amide bonds. The number of benzene rings is 2. The second-order valence-electron chi connectivity index (χ2n) is 14.5. The van der Waals surface area contributed by atoms with Gasteiger partial charge >= 0.3 is 0 Å². The minimum absolute atomic E-state index is 0.0637. The quantitative estimate of drug-likeness (QED) is 0.115. The molecule has 8 rings (SSSR count). The summed E-state index contributed by atoms with van der Waals surface area (Å²) in [6, 6.07) is 19.1. The molecule has 0 radical (unpaired) electrons. The molecule has 2 aliphatic heterocycles. The number of hydrogen-bond acceptors (Lipinski definition) is 12. The van der Waals surface area contributed by atoms with Crippen LogP contribution in [0.3, 0.4) is 0 Å². The SMILES string of the molecule is O=c1cc(-c2ccnc(NC3CCOCC3)n2)ccn1[C@H](CO)c1ccc(F)c(Cl)c1.O=c1cc(-c2ccnc(NC3CCOCC3)n2)ccn1[C@H](CO)c1cccc(F)c1. The highest BCUT2D eigenvalue weighted by Gasteiger charge is 2.20. The molecule has 2 atom stereocenters. The van der Waals surface area contributed by atoms with E-state index >= 15 is 0 Å². The number of aromatic nitrogens is 6. The van der Waals surface area contributed by atoms with Gasteiger partial charge in [0.25, 0.3) is 11.1 Å². The molecule has 17 heteroatoms. The molecule has 0 unspecified atom stereocenters. The normalized spacial score (nSPS) is 15.6. The van der Waals surface area contributed by atoms with E-state index in [1.54, 1.807) is 61.2 Å². The fourth-order valence-corrected chi connectivity index (χ4v) is 7.37. The van der Waals surface area contributed by atoms with Crippen LogP contribution in [0.5, 0.6) is 0 Å². The molecular weight excluding hydrogens is 810 g/mol. The Kier molecular flexibility index (Phi) is 14.6. The van der Waals surface area contributed by atoms with Crippen molar-refractivity contribution < 1.29 is 28.5 Å². The van der Waals surface area contributed by atoms with Crippen LogP contribution in [0.15, 0.2) is 113 Å². The Balaban J connectivity index is 0.000000184. The molecule has 0 spiro atoms. The maximum atomic E-state index is 13.6. The van der Waals surface area contributed by atoms with Crippen molar-refractivity contribution in [1.82, 2.24) is 29.1 Å². The number of nitrogens with zero attached hydrogens (tertiary/aromatic N) is 6. The monoisotopic (exact) mass is 854 g/mol. The Morgan fingerprint density at radius 3 is 1.61 bits per heavy atom. The topological polar surface area (TPSA) is 179 Å². The van der Waals surface area contributed by atoms with E-state index in [9.17, 15) is 28.6 Å². The summed E-state index contributed by atoms with van der Waals surface area (Å²) in [7, 11) is 0. The molecule has 0 saturated carbocycles. The Labute approximate surface area is 354 Å². The second-order valence-corrected chi connectivity index (χ2v) is 14.9. The predicted molar refractivity (Wildman–Crippen MR) is 227 cm³/mol. The molecule has 2 aliphatic rings. The third-order valence-corrected chi connectivity index (χ3v) is 10.8. The summed E-state index contributed by atoms with van der Waals surface area (Å²) in [4.78, 5) is 43.2. The fourth-order valence-electron chi connectivity index (χ4n) is 7.18. The van der Waals surface area contributed by atoms with E-state index < -0.39 is 23.7 Å². The van der Waals surface area contributed by atoms with Crippen LogP contribution >= 0.6 is 11.6 Å². The largest absolute Gasteiger partial charge is 0.394 e. The van der Waals surface area contributed by atoms with E-state index in [2.05, 4.69) is 30.6 Å². The molecule has 6 aromatic rings. The average Bonchev–Trinajstić information content (AvgIpc) is 3.27. The molecule has 318 valence electrons. The highest BCUT2D eigenvalue weighted by Crippen LogP contribution is 2.25. The third-order valence-electron chi connectivity index (χ3n) is 10.5. The lowest BCUT2D eigenvalue weighted by atomic mass is 10.1. The van der Waals surface area contributed by atoms with Gasteiger partial charge in [0, 0.05) is 86.6 Å². The number of hydrogen-bond donors (Lipinski definition) is 4. The van der Waals surface area contributed by atoms with E-state index in [0.29, 0.717) is 72.0 Å². The summed E-state index contributed by atoms with van der Waals surface area (Å²) in [5.74, 6) is 0.0410. The van der Waals surface area contributed by atoms with Gasteiger partial charge in [-0.25, -0.2) is 28.7 Å². The fraction of sp³-hybridized carbons (Fsp3) is 0.318. The number of pyridine rings is 2. The van der Waals surface area contributed by atoms with Crippen LogP contribution in [0.1, 0.15) is 48.9 Å². The lowest BCUT2D eigenvalue weighted by Gasteiger charge is -2.23. The zero-order valence-corrected chi connectivity index (χ0v) is 33.8. The van der Waals surface area contributed by atoms with Crippen molar-refractivity contribution >= 4 is 23.5 Å². The van der Waals surface area contributed by atoms with E-state index in [-0.39, 0.29) is 41.4 Å². The number of aliphatic hydroxyl groups excluding tert-OH is 2. The summed E-state index contributed by atoms with van der Waals surface area (Å²) in [6.45, 7) is 2.19. The second kappa shape index (κ2) is 20.6. The summed E-state index contributed by atoms with van der Waals surface area (Å²) in [5, 5.41) is 26.2. The number of ether oxygens (including phenoxy) is 2. The predicted octanol–water partition coefficient (Wildman–Crippen LogP) is 5.89. The first-order valence-electron chi connectivity index (χ1n) is 19.9. The highest BCUT2D eigenvalue weighted by molar-refractivity contribution is 6.30. The summed E-state index contributed by atoms with van der Waals surface area (Å²) in [5.41, 5.74) is 2.93. The maximum Gasteiger partial charge on any atom is 0.251 e. The Morgan fingerprint density at radius 2 is 1.16 bits per heavy atom. The van der Waals surface area contributed by atoms with Crippen LogP contribution in [0.25, 0.3) is 22.5 Å². The van der Waals surface area contributed by atoms with Crippen molar-refractivity contribution in [2.75, 3.05) is 50.3 Å². The van der Waals surface area contributed by atoms with E-state index in [0.717, 1.165) is 25.7 Å². The van der Waals surface area contributed by atoms with Crippen molar-refractivity contribution in [3.63, 3.8) is 0 Å². The van der Waals surface area contributed by atoms with Gasteiger partial charge in [0.05, 0.1) is 41.7 Å². The van der Waals surface area contributed by atoms with Crippen molar-refractivity contribution in [3.8, 4) is 22.5 Å². The first-order valence-corrected chi connectivity index (χ1v) is 20.3. The van der Waals surface area contributed by atoms with Crippen molar-refractivity contribution in [1.29, 1.82) is 0 Å². The lowest BCUT2D eigenvalue weighted by Crippen LogP contribution is -2.28. The van der Waals surface area contributed by atoms with Gasteiger partial charge in [-0.3, -0.25) is 9.59 Å². The van der Waals surface area contributed by atoms with Crippen LogP contribution in [0.4, 0.5) is 20.7 Å². The summed E-state index contributed by atoms with van der Waals surface area (Å²) < 4.78 is 40.6. The molecule has 6 heterocycles. The van der Waals surface area contributed by atoms with E-state index in [1.807, 2.05) is 0 Å². The van der Waals surface area contributed by atoms with Gasteiger partial charge in [0.1, 0.15) is 11.6 Å². The van der Waals surface area contributed by atoms with Crippen LogP contribution in [-0.4, -0.2) is 91.0 Å². The van der Waals surface area contributed by atoms with Gasteiger partial charge in [-0.2, -0.15) is 0 Å². The molecule has 0 bridgehead atoms. The Morgan fingerprint density at radius 1 is 0.672 bits per heavy atom. The number of anilines is 2. The molecule has 2 saturated heterocycles. The Bertz CT molecular complexity index is 2530. The van der Waals surface area contributed by atoms with Gasteiger partial charge in [0.2, 0.25) is 11.9 Å².